The smallest absolute Gasteiger partial charge is 0.407 e. The molecule has 12 nitrogen and oxygen atoms in total. The number of likely N-dealkylation sites (tertiary alicyclic amines) is 1. The SMILES string of the molecule is COCOc1cc(N2CCc3c(nc(OC4(C5CCCN5C)CC4)nc3N3CCN(C(=O)O)C(CC#N)C3)C2)c2ccccc2c1. The van der Waals surface area contributed by atoms with E-state index in [0.717, 1.165) is 78.1 Å². The third-order valence-corrected chi connectivity index (χ3v) is 10.0. The largest absolute Gasteiger partial charge is 0.467 e. The molecule has 0 bridgehead atoms. The third-order valence-electron chi connectivity index (χ3n) is 10.0. The zero-order valence-electron chi connectivity index (χ0n) is 26.5. The van der Waals surface area contributed by atoms with E-state index in [4.69, 9.17) is 24.2 Å². The Kier molecular flexibility index (Phi) is 8.21. The second-order valence-electron chi connectivity index (χ2n) is 12.9. The normalized spacial score (nSPS) is 22.4. The van der Waals surface area contributed by atoms with Gasteiger partial charge in [-0.2, -0.15) is 15.2 Å². The molecule has 2 atom stereocenters. The number of nitrogens with zero attached hydrogens (tertiary/aromatic N) is 7. The van der Waals surface area contributed by atoms with Gasteiger partial charge in [0.2, 0.25) is 0 Å². The second kappa shape index (κ2) is 12.5. The molecule has 1 aliphatic carbocycles. The average molecular weight is 628 g/mol. The van der Waals surface area contributed by atoms with Crippen LogP contribution in [0.1, 0.15) is 43.4 Å². The highest BCUT2D eigenvalue weighted by atomic mass is 16.7. The van der Waals surface area contributed by atoms with E-state index in [1.807, 2.05) is 12.1 Å². The molecule has 7 rings (SSSR count). The predicted molar refractivity (Wildman–Crippen MR) is 172 cm³/mol. The van der Waals surface area contributed by atoms with Crippen molar-refractivity contribution in [3.8, 4) is 17.8 Å². The maximum atomic E-state index is 12.0. The van der Waals surface area contributed by atoms with Crippen LogP contribution in [0, 0.1) is 11.3 Å². The van der Waals surface area contributed by atoms with Gasteiger partial charge in [-0.1, -0.05) is 24.3 Å². The van der Waals surface area contributed by atoms with Crippen molar-refractivity contribution in [2.24, 2.45) is 0 Å². The number of hydrogen-bond acceptors (Lipinski definition) is 10. The number of hydrogen-bond donors (Lipinski definition) is 1. The van der Waals surface area contributed by atoms with Gasteiger partial charge in [0.15, 0.2) is 6.79 Å². The fourth-order valence-corrected chi connectivity index (χ4v) is 7.60. The van der Waals surface area contributed by atoms with Crippen LogP contribution in [0.15, 0.2) is 36.4 Å². The Bertz CT molecular complexity index is 1660. The van der Waals surface area contributed by atoms with Gasteiger partial charge in [0.1, 0.15) is 17.2 Å². The van der Waals surface area contributed by atoms with Crippen LogP contribution in [-0.4, -0.2) is 102 Å². The minimum absolute atomic E-state index is 0.124. The Hall–Kier alpha value is -4.34. The summed E-state index contributed by atoms with van der Waals surface area (Å²) >= 11 is 0. The summed E-state index contributed by atoms with van der Waals surface area (Å²) in [5, 5.41) is 21.5. The van der Waals surface area contributed by atoms with E-state index in [-0.39, 0.29) is 18.8 Å². The van der Waals surface area contributed by atoms with Crippen LogP contribution in [0.3, 0.4) is 0 Å². The lowest BCUT2D eigenvalue weighted by molar-refractivity contribution is 0.0512. The van der Waals surface area contributed by atoms with Crippen LogP contribution in [0.4, 0.5) is 16.3 Å². The molecule has 0 radical (unpaired) electrons. The minimum atomic E-state index is -0.996. The summed E-state index contributed by atoms with van der Waals surface area (Å²) in [6, 6.07) is 14.9. The summed E-state index contributed by atoms with van der Waals surface area (Å²) in [6.07, 6.45) is 4.05. The van der Waals surface area contributed by atoms with E-state index < -0.39 is 12.1 Å². The lowest BCUT2D eigenvalue weighted by Gasteiger charge is -2.41. The van der Waals surface area contributed by atoms with Crippen molar-refractivity contribution in [1.82, 2.24) is 19.8 Å². The molecule has 0 spiro atoms. The van der Waals surface area contributed by atoms with Gasteiger partial charge in [-0.3, -0.25) is 4.90 Å². The number of benzene rings is 2. The molecule has 4 heterocycles. The number of ether oxygens (including phenoxy) is 3. The van der Waals surface area contributed by atoms with Crippen molar-refractivity contribution >= 4 is 28.4 Å². The van der Waals surface area contributed by atoms with E-state index in [0.29, 0.717) is 44.7 Å². The molecule has 3 aromatic rings. The van der Waals surface area contributed by atoms with Crippen LogP contribution in [0.25, 0.3) is 10.8 Å². The first-order valence-electron chi connectivity index (χ1n) is 16.2. The maximum Gasteiger partial charge on any atom is 0.407 e. The third kappa shape index (κ3) is 5.74. The van der Waals surface area contributed by atoms with Gasteiger partial charge in [0, 0.05) is 62.0 Å². The molecule has 3 aliphatic heterocycles. The Morgan fingerprint density at radius 2 is 1.98 bits per heavy atom. The summed E-state index contributed by atoms with van der Waals surface area (Å²) in [7, 11) is 3.78. The average Bonchev–Trinajstić information content (AvgIpc) is 3.70. The molecule has 1 N–H and O–H groups in total. The van der Waals surface area contributed by atoms with Crippen molar-refractivity contribution in [3.63, 3.8) is 0 Å². The summed E-state index contributed by atoms with van der Waals surface area (Å²) in [6.45, 7) is 3.72. The first-order chi connectivity index (χ1) is 22.4. The van der Waals surface area contributed by atoms with Crippen LogP contribution in [-0.2, 0) is 17.7 Å². The zero-order valence-corrected chi connectivity index (χ0v) is 26.5. The number of aromatic nitrogens is 2. The number of carboxylic acid groups (broad SMARTS) is 1. The van der Waals surface area contributed by atoms with E-state index in [1.54, 1.807) is 7.11 Å². The molecule has 2 saturated heterocycles. The molecule has 2 unspecified atom stereocenters. The maximum absolute atomic E-state index is 12.0. The van der Waals surface area contributed by atoms with Crippen LogP contribution < -0.4 is 19.3 Å². The Morgan fingerprint density at radius 1 is 1.13 bits per heavy atom. The lowest BCUT2D eigenvalue weighted by Crippen LogP contribution is -2.55. The standard InChI is InChI=1S/C34H41N7O5/c1-38-14-5-8-30(38)34(11-12-34)46-32-36-28-21-39(29-19-25(45-22-44-2)18-23-6-3-4-7-26(23)29)15-10-27(28)31(37-32)40-16-17-41(33(42)43)24(20-40)9-13-35/h3-4,6-7,18-19,24,30H,5,8-12,14-17,20-22H2,1-2H3,(H,42,43). The number of carbonyl (C=O) groups is 1. The monoisotopic (exact) mass is 627 g/mol. The van der Waals surface area contributed by atoms with Gasteiger partial charge in [-0.15, -0.1) is 0 Å². The van der Waals surface area contributed by atoms with E-state index in [9.17, 15) is 15.2 Å². The predicted octanol–water partition coefficient (Wildman–Crippen LogP) is 4.26. The van der Waals surface area contributed by atoms with Gasteiger partial charge in [0.05, 0.1) is 30.8 Å². The lowest BCUT2D eigenvalue weighted by atomic mass is 10.0. The first kappa shape index (κ1) is 30.3. The number of likely N-dealkylation sites (N-methyl/N-ethyl adjacent to an activating group) is 1. The molecule has 1 amide bonds. The second-order valence-corrected chi connectivity index (χ2v) is 12.9. The van der Waals surface area contributed by atoms with Crippen molar-refractivity contribution in [1.29, 1.82) is 5.26 Å². The summed E-state index contributed by atoms with van der Waals surface area (Å²) in [5.41, 5.74) is 2.75. The number of rotatable bonds is 9. The fraction of sp³-hybridized carbons (Fsp3) is 0.529. The Balaban J connectivity index is 1.25. The van der Waals surface area contributed by atoms with Crippen LogP contribution >= 0.6 is 0 Å². The van der Waals surface area contributed by atoms with Gasteiger partial charge in [-0.05, 0) is 57.1 Å². The van der Waals surface area contributed by atoms with Crippen LogP contribution in [0.5, 0.6) is 11.8 Å². The number of piperazine rings is 1. The van der Waals surface area contributed by atoms with Gasteiger partial charge in [0.25, 0.3) is 0 Å². The first-order valence-corrected chi connectivity index (χ1v) is 16.2. The molecule has 3 fully saturated rings. The zero-order chi connectivity index (χ0) is 31.8. The number of anilines is 2. The molecule has 242 valence electrons. The highest BCUT2D eigenvalue weighted by molar-refractivity contribution is 5.95. The van der Waals surface area contributed by atoms with Gasteiger partial charge < -0.3 is 34.0 Å². The van der Waals surface area contributed by atoms with Crippen molar-refractivity contribution in [3.05, 3.63) is 47.7 Å². The quantitative estimate of drug-likeness (QED) is 0.342. The van der Waals surface area contributed by atoms with E-state index >= 15 is 0 Å². The molecule has 4 aliphatic rings. The van der Waals surface area contributed by atoms with Gasteiger partial charge in [-0.25, -0.2) is 4.79 Å². The molecule has 46 heavy (non-hydrogen) atoms. The van der Waals surface area contributed by atoms with Crippen molar-refractivity contribution in [2.45, 2.75) is 62.8 Å². The van der Waals surface area contributed by atoms with Crippen molar-refractivity contribution in [2.75, 3.05) is 63.5 Å². The van der Waals surface area contributed by atoms with E-state index in [1.165, 1.54) is 4.90 Å². The number of nitriles is 1. The summed E-state index contributed by atoms with van der Waals surface area (Å²) < 4.78 is 17.8. The van der Waals surface area contributed by atoms with E-state index in [2.05, 4.69) is 52.1 Å². The number of methoxy groups -OCH3 is 1. The highest BCUT2D eigenvalue weighted by Gasteiger charge is 2.55. The minimum Gasteiger partial charge on any atom is -0.467 e. The molecule has 1 aromatic heterocycles. The van der Waals surface area contributed by atoms with Gasteiger partial charge >= 0.3 is 12.1 Å². The Labute approximate surface area is 269 Å². The molecule has 2 aromatic carbocycles. The van der Waals surface area contributed by atoms with Crippen molar-refractivity contribution < 1.29 is 24.1 Å². The topological polar surface area (TPSA) is 128 Å². The number of amides is 1. The Morgan fingerprint density at radius 3 is 2.72 bits per heavy atom. The number of fused-ring (bicyclic) bond motifs is 2. The molecular formula is C34H41N7O5. The molecule has 1 saturated carbocycles. The fourth-order valence-electron chi connectivity index (χ4n) is 7.60. The highest BCUT2D eigenvalue weighted by Crippen LogP contribution is 2.48. The molecular weight excluding hydrogens is 586 g/mol. The summed E-state index contributed by atoms with van der Waals surface area (Å²) in [5.74, 6) is 1.54. The molecule has 12 heteroatoms. The van der Waals surface area contributed by atoms with Crippen LogP contribution in [0.2, 0.25) is 0 Å². The summed E-state index contributed by atoms with van der Waals surface area (Å²) in [4.78, 5) is 30.4.